The highest BCUT2D eigenvalue weighted by atomic mass is 32.1. The zero-order valence-corrected chi connectivity index (χ0v) is 16.2. The highest BCUT2D eigenvalue weighted by Gasteiger charge is 2.28. The lowest BCUT2D eigenvalue weighted by molar-refractivity contribution is 0.0662. The molecule has 4 rings (SSSR count). The van der Waals surface area contributed by atoms with Gasteiger partial charge in [-0.25, -0.2) is 0 Å². The first-order chi connectivity index (χ1) is 12.7. The average molecular weight is 374 g/mol. The van der Waals surface area contributed by atoms with E-state index < -0.39 is 0 Å². The maximum absolute atomic E-state index is 13.0. The molecule has 1 amide bonds. The molecule has 0 saturated carbocycles. The monoisotopic (exact) mass is 373 g/mol. The molecular weight excluding hydrogens is 346 g/mol. The number of nitrogens with zero attached hydrogens (tertiary/aromatic N) is 4. The largest absolute Gasteiger partial charge is 0.336 e. The first-order valence-corrected chi connectivity index (χ1v) is 10.3. The smallest absolute Gasteiger partial charge is 0.257 e. The van der Waals surface area contributed by atoms with Crippen molar-refractivity contribution in [1.29, 1.82) is 0 Å². The van der Waals surface area contributed by atoms with Gasteiger partial charge in [0.1, 0.15) is 0 Å². The number of carbonyl (C=O) groups is 1. The molecule has 4 heterocycles. The fraction of sp³-hybridized carbons (Fsp3) is 0.579. The predicted molar refractivity (Wildman–Crippen MR) is 103 cm³/mol. The van der Waals surface area contributed by atoms with Gasteiger partial charge in [0.05, 0.1) is 17.5 Å². The number of piperazine rings is 1. The van der Waals surface area contributed by atoms with Crippen LogP contribution < -0.4 is 5.32 Å². The molecule has 1 fully saturated rings. The van der Waals surface area contributed by atoms with Crippen LogP contribution in [-0.2, 0) is 19.5 Å². The number of fused-ring (bicyclic) bond motifs is 1. The van der Waals surface area contributed by atoms with Crippen molar-refractivity contribution in [2.24, 2.45) is 5.92 Å². The Morgan fingerprint density at radius 2 is 2.15 bits per heavy atom. The van der Waals surface area contributed by atoms with E-state index in [1.165, 1.54) is 4.88 Å². The van der Waals surface area contributed by atoms with Gasteiger partial charge < -0.3 is 15.1 Å². The lowest BCUT2D eigenvalue weighted by Crippen LogP contribution is -2.47. The van der Waals surface area contributed by atoms with E-state index in [0.717, 1.165) is 69.9 Å². The molecule has 1 saturated heterocycles. The number of likely N-dealkylation sites (N-methyl/N-ethyl adjacent to an activating group) is 1. The van der Waals surface area contributed by atoms with Crippen molar-refractivity contribution < 1.29 is 4.79 Å². The van der Waals surface area contributed by atoms with Crippen molar-refractivity contribution in [3.8, 4) is 0 Å². The lowest BCUT2D eigenvalue weighted by Gasteiger charge is -2.32. The second-order valence-electron chi connectivity index (χ2n) is 7.39. The highest BCUT2D eigenvalue weighted by Crippen LogP contribution is 2.24. The number of thiophene rings is 1. The van der Waals surface area contributed by atoms with Crippen molar-refractivity contribution >= 4 is 17.2 Å². The molecule has 7 heteroatoms. The topological polar surface area (TPSA) is 53.4 Å². The number of nitrogens with one attached hydrogen (secondary N) is 1. The van der Waals surface area contributed by atoms with Gasteiger partial charge in [-0.2, -0.15) is 5.10 Å². The van der Waals surface area contributed by atoms with E-state index in [2.05, 4.69) is 39.9 Å². The standard InChI is InChI=1S/C19H27N5OS/c1-22-6-8-23(9-7-22)19(25)17-14-21-24-5-4-15(11-18(17)24)12-20-13-16-3-2-10-26-16/h2-3,10,14-15,20H,4-9,11-13H2,1H3. The van der Waals surface area contributed by atoms with Crippen LogP contribution in [0.2, 0.25) is 0 Å². The molecule has 0 aromatic carbocycles. The van der Waals surface area contributed by atoms with E-state index in [1.54, 1.807) is 17.5 Å². The van der Waals surface area contributed by atoms with Crippen LogP contribution in [0.4, 0.5) is 0 Å². The predicted octanol–water partition coefficient (Wildman–Crippen LogP) is 1.68. The van der Waals surface area contributed by atoms with Crippen molar-refractivity contribution in [1.82, 2.24) is 24.9 Å². The summed E-state index contributed by atoms with van der Waals surface area (Å²) in [5.74, 6) is 0.727. The van der Waals surface area contributed by atoms with Gasteiger partial charge in [-0.1, -0.05) is 6.07 Å². The van der Waals surface area contributed by atoms with Crippen LogP contribution in [0.5, 0.6) is 0 Å². The number of carbonyl (C=O) groups excluding carboxylic acids is 1. The van der Waals surface area contributed by atoms with E-state index in [4.69, 9.17) is 0 Å². The average Bonchev–Trinajstić information content (AvgIpc) is 3.31. The van der Waals surface area contributed by atoms with Crippen LogP contribution in [-0.4, -0.2) is 65.3 Å². The Balaban J connectivity index is 1.37. The van der Waals surface area contributed by atoms with Gasteiger partial charge in [0.15, 0.2) is 0 Å². The third-order valence-electron chi connectivity index (χ3n) is 5.51. The Hall–Kier alpha value is -1.70. The number of amides is 1. The first kappa shape index (κ1) is 17.7. The molecule has 6 nitrogen and oxygen atoms in total. The maximum Gasteiger partial charge on any atom is 0.257 e. The molecule has 0 radical (unpaired) electrons. The minimum atomic E-state index is 0.159. The Morgan fingerprint density at radius 1 is 1.31 bits per heavy atom. The molecule has 26 heavy (non-hydrogen) atoms. The van der Waals surface area contributed by atoms with Gasteiger partial charge in [-0.05, 0) is 43.8 Å². The van der Waals surface area contributed by atoms with Crippen LogP contribution in [0.3, 0.4) is 0 Å². The summed E-state index contributed by atoms with van der Waals surface area (Å²) in [6, 6.07) is 4.26. The van der Waals surface area contributed by atoms with Gasteiger partial charge in [-0.3, -0.25) is 9.48 Å². The molecule has 1 N–H and O–H groups in total. The zero-order chi connectivity index (χ0) is 17.9. The fourth-order valence-electron chi connectivity index (χ4n) is 3.84. The van der Waals surface area contributed by atoms with Crippen LogP contribution in [0.1, 0.15) is 27.3 Å². The van der Waals surface area contributed by atoms with Gasteiger partial charge in [0.25, 0.3) is 5.91 Å². The summed E-state index contributed by atoms with van der Waals surface area (Å²) in [6.45, 7) is 6.36. The third-order valence-corrected chi connectivity index (χ3v) is 6.39. The summed E-state index contributed by atoms with van der Waals surface area (Å²) in [6.07, 6.45) is 3.85. The van der Waals surface area contributed by atoms with Gasteiger partial charge >= 0.3 is 0 Å². The van der Waals surface area contributed by atoms with E-state index in [9.17, 15) is 4.79 Å². The van der Waals surface area contributed by atoms with Crippen molar-refractivity contribution in [3.05, 3.63) is 39.8 Å². The summed E-state index contributed by atoms with van der Waals surface area (Å²) in [5, 5.41) is 10.2. The first-order valence-electron chi connectivity index (χ1n) is 9.46. The van der Waals surface area contributed by atoms with Crippen LogP contribution in [0.15, 0.2) is 23.7 Å². The Bertz CT molecular complexity index is 733. The maximum atomic E-state index is 13.0. The van der Waals surface area contributed by atoms with Gasteiger partial charge in [0.2, 0.25) is 0 Å². The second-order valence-corrected chi connectivity index (χ2v) is 8.42. The summed E-state index contributed by atoms with van der Waals surface area (Å²) in [7, 11) is 2.11. The molecule has 2 aliphatic rings. The van der Waals surface area contributed by atoms with Crippen molar-refractivity contribution in [2.75, 3.05) is 39.8 Å². The Morgan fingerprint density at radius 3 is 2.92 bits per heavy atom. The zero-order valence-electron chi connectivity index (χ0n) is 15.4. The second kappa shape index (κ2) is 7.90. The molecule has 1 atom stereocenters. The number of aryl methyl sites for hydroxylation is 1. The summed E-state index contributed by atoms with van der Waals surface area (Å²) >= 11 is 1.79. The minimum Gasteiger partial charge on any atom is -0.336 e. The number of hydrogen-bond acceptors (Lipinski definition) is 5. The summed E-state index contributed by atoms with van der Waals surface area (Å²) < 4.78 is 2.04. The molecule has 2 aromatic rings. The SMILES string of the molecule is CN1CCN(C(=O)c2cnn3c2CC(CNCc2cccs2)CC3)CC1. The van der Waals surface area contributed by atoms with Crippen LogP contribution >= 0.6 is 11.3 Å². The quantitative estimate of drug-likeness (QED) is 0.867. The third kappa shape index (κ3) is 3.84. The molecule has 140 valence electrons. The van der Waals surface area contributed by atoms with E-state index in [-0.39, 0.29) is 5.91 Å². The number of rotatable bonds is 5. The molecule has 2 aliphatic heterocycles. The normalized spacial score (nSPS) is 21.0. The van der Waals surface area contributed by atoms with Crippen molar-refractivity contribution in [3.63, 3.8) is 0 Å². The minimum absolute atomic E-state index is 0.159. The summed E-state index contributed by atoms with van der Waals surface area (Å²) in [5.41, 5.74) is 1.95. The van der Waals surface area contributed by atoms with E-state index in [0.29, 0.717) is 5.92 Å². The fourth-order valence-corrected chi connectivity index (χ4v) is 4.52. The van der Waals surface area contributed by atoms with E-state index in [1.807, 2.05) is 9.58 Å². The van der Waals surface area contributed by atoms with Crippen LogP contribution in [0.25, 0.3) is 0 Å². The molecular formula is C19H27N5OS. The van der Waals surface area contributed by atoms with Crippen molar-refractivity contribution in [2.45, 2.75) is 25.9 Å². The highest BCUT2D eigenvalue weighted by molar-refractivity contribution is 7.09. The molecule has 0 aliphatic carbocycles. The Labute approximate surface area is 158 Å². The van der Waals surface area contributed by atoms with E-state index >= 15 is 0 Å². The van der Waals surface area contributed by atoms with Gasteiger partial charge in [-0.15, -0.1) is 11.3 Å². The van der Waals surface area contributed by atoms with Crippen LogP contribution in [0, 0.1) is 5.92 Å². The summed E-state index contributed by atoms with van der Waals surface area (Å²) in [4.78, 5) is 18.6. The Kier molecular flexibility index (Phi) is 5.38. The lowest BCUT2D eigenvalue weighted by atomic mass is 9.94. The number of hydrogen-bond donors (Lipinski definition) is 1. The molecule has 0 spiro atoms. The van der Waals surface area contributed by atoms with Gasteiger partial charge in [0, 0.05) is 44.1 Å². The molecule has 2 aromatic heterocycles. The molecule has 1 unspecified atom stereocenters. The number of aromatic nitrogens is 2. The molecule has 0 bridgehead atoms.